The van der Waals surface area contributed by atoms with Gasteiger partial charge >= 0.3 is 5.69 Å². The van der Waals surface area contributed by atoms with Gasteiger partial charge in [-0.05, 0) is 18.9 Å². The van der Waals surface area contributed by atoms with Crippen LogP contribution in [0.3, 0.4) is 0 Å². The highest BCUT2D eigenvalue weighted by molar-refractivity contribution is 5.89. The molecule has 0 saturated carbocycles. The highest BCUT2D eigenvalue weighted by Crippen LogP contribution is 2.37. The van der Waals surface area contributed by atoms with Crippen molar-refractivity contribution < 1.29 is 19.7 Å². The minimum atomic E-state index is -0.839. The van der Waals surface area contributed by atoms with Crippen LogP contribution in [0.5, 0.6) is 0 Å². The summed E-state index contributed by atoms with van der Waals surface area (Å²) in [5.41, 5.74) is -0.542. The molecule has 0 aromatic carbocycles. The first kappa shape index (κ1) is 32.4. The second-order valence-electron chi connectivity index (χ2n) is 10.9. The van der Waals surface area contributed by atoms with Gasteiger partial charge in [0.25, 0.3) is 0 Å². The molecule has 1 aromatic rings. The molecule has 4 unspecified atom stereocenters. The van der Waals surface area contributed by atoms with Crippen LogP contribution < -0.4 is 11.0 Å². The number of rotatable bonds is 21. The number of hydrogen-bond donors (Lipinski definition) is 3. The van der Waals surface area contributed by atoms with Crippen molar-refractivity contribution in [3.05, 3.63) is 22.7 Å². The van der Waals surface area contributed by atoms with Crippen molar-refractivity contribution in [2.45, 2.75) is 148 Å². The van der Waals surface area contributed by atoms with Gasteiger partial charge in [-0.15, -0.1) is 0 Å². The van der Waals surface area contributed by atoms with Crippen molar-refractivity contribution in [1.29, 1.82) is 0 Å². The van der Waals surface area contributed by atoms with Crippen LogP contribution >= 0.6 is 0 Å². The van der Waals surface area contributed by atoms with E-state index in [0.717, 1.165) is 38.5 Å². The Morgan fingerprint density at radius 3 is 2.03 bits per heavy atom. The fraction of sp³-hybridized carbons (Fsp3) is 0.833. The molecule has 1 aliphatic heterocycles. The maximum atomic E-state index is 12.7. The number of ether oxygens (including phenoxy) is 1. The third kappa shape index (κ3) is 11.5. The molecular formula is C30H53N3O5. The summed E-state index contributed by atoms with van der Waals surface area (Å²) in [6.07, 6.45) is 19.8. The molecule has 218 valence electrons. The molecule has 0 bridgehead atoms. The van der Waals surface area contributed by atoms with Crippen LogP contribution in [0.2, 0.25) is 0 Å². The molecule has 38 heavy (non-hydrogen) atoms. The van der Waals surface area contributed by atoms with E-state index in [0.29, 0.717) is 12.8 Å². The van der Waals surface area contributed by atoms with Crippen molar-refractivity contribution in [3.63, 3.8) is 0 Å². The summed E-state index contributed by atoms with van der Waals surface area (Å²) in [5, 5.41) is 22.9. The van der Waals surface area contributed by atoms with E-state index in [-0.39, 0.29) is 24.2 Å². The van der Waals surface area contributed by atoms with Crippen LogP contribution in [0.1, 0.15) is 136 Å². The molecule has 1 aromatic heterocycles. The summed E-state index contributed by atoms with van der Waals surface area (Å²) in [4.78, 5) is 29.1. The van der Waals surface area contributed by atoms with Crippen molar-refractivity contribution in [3.8, 4) is 0 Å². The van der Waals surface area contributed by atoms with Crippen molar-refractivity contribution in [1.82, 2.24) is 9.55 Å². The molecule has 1 amide bonds. The number of anilines is 1. The fourth-order valence-corrected chi connectivity index (χ4v) is 5.36. The summed E-state index contributed by atoms with van der Waals surface area (Å²) in [6, 6.07) is 1.59. The number of aliphatic hydroxyl groups excluding tert-OH is 2. The molecule has 2 heterocycles. The standard InChI is InChI=1S/C30H53N3O5/c1-3-5-7-8-9-10-11-12-13-14-15-16-18-20-27(35)31-26-21-22-33(30(37)32-26)29-24(19-17-6-4-2)28(36)25(23-34)38-29/h21-22,24-25,28-29,34,36H,3-20,23H2,1-2H3,(H,31,32,35,37). The average molecular weight is 536 g/mol. The minimum absolute atomic E-state index is 0.136. The fourth-order valence-electron chi connectivity index (χ4n) is 5.36. The molecule has 3 N–H and O–H groups in total. The van der Waals surface area contributed by atoms with Gasteiger partial charge in [0, 0.05) is 18.5 Å². The second-order valence-corrected chi connectivity index (χ2v) is 10.9. The summed E-state index contributed by atoms with van der Waals surface area (Å²) in [6.45, 7) is 4.05. The number of aliphatic hydroxyl groups is 2. The largest absolute Gasteiger partial charge is 0.394 e. The van der Waals surface area contributed by atoms with Crippen LogP contribution in [0.15, 0.2) is 17.1 Å². The van der Waals surface area contributed by atoms with Gasteiger partial charge in [0.15, 0.2) is 0 Å². The van der Waals surface area contributed by atoms with Crippen molar-refractivity contribution in [2.75, 3.05) is 11.9 Å². The highest BCUT2D eigenvalue weighted by Gasteiger charge is 2.44. The molecule has 4 atom stereocenters. The van der Waals surface area contributed by atoms with E-state index in [9.17, 15) is 19.8 Å². The van der Waals surface area contributed by atoms with Gasteiger partial charge in [0.1, 0.15) is 18.1 Å². The smallest absolute Gasteiger partial charge is 0.351 e. The zero-order valence-corrected chi connectivity index (χ0v) is 23.9. The lowest BCUT2D eigenvalue weighted by atomic mass is 9.93. The molecular weight excluding hydrogens is 482 g/mol. The van der Waals surface area contributed by atoms with Gasteiger partial charge in [0.2, 0.25) is 5.91 Å². The van der Waals surface area contributed by atoms with Crippen molar-refractivity contribution in [2.24, 2.45) is 5.92 Å². The van der Waals surface area contributed by atoms with E-state index in [1.54, 1.807) is 12.3 Å². The molecule has 0 aliphatic carbocycles. The molecule has 1 saturated heterocycles. The van der Waals surface area contributed by atoms with Crippen molar-refractivity contribution >= 4 is 11.7 Å². The average Bonchev–Trinajstić information content (AvgIpc) is 3.22. The predicted octanol–water partition coefficient (Wildman–Crippen LogP) is 6.11. The predicted molar refractivity (Wildman–Crippen MR) is 152 cm³/mol. The maximum absolute atomic E-state index is 12.7. The van der Waals surface area contributed by atoms with Gasteiger partial charge in [0.05, 0.1) is 12.7 Å². The zero-order chi connectivity index (χ0) is 27.6. The van der Waals surface area contributed by atoms with Gasteiger partial charge < -0.3 is 20.3 Å². The Kier molecular flexibility index (Phi) is 16.5. The molecule has 1 fully saturated rings. The minimum Gasteiger partial charge on any atom is -0.394 e. The Bertz CT molecular complexity index is 830. The van der Waals surface area contributed by atoms with Crippen LogP contribution in [-0.4, -0.2) is 44.5 Å². The Morgan fingerprint density at radius 1 is 0.921 bits per heavy atom. The van der Waals surface area contributed by atoms with Gasteiger partial charge in [-0.1, -0.05) is 110 Å². The Morgan fingerprint density at radius 2 is 1.47 bits per heavy atom. The number of hydrogen-bond acceptors (Lipinski definition) is 6. The Labute approximate surface area is 229 Å². The van der Waals surface area contributed by atoms with Gasteiger partial charge in [-0.3, -0.25) is 9.36 Å². The van der Waals surface area contributed by atoms with E-state index in [1.165, 1.54) is 68.8 Å². The number of nitrogens with zero attached hydrogens (tertiary/aromatic N) is 2. The first-order valence-corrected chi connectivity index (χ1v) is 15.3. The summed E-state index contributed by atoms with van der Waals surface area (Å²) in [7, 11) is 0. The summed E-state index contributed by atoms with van der Waals surface area (Å²) < 4.78 is 7.18. The molecule has 8 nitrogen and oxygen atoms in total. The zero-order valence-electron chi connectivity index (χ0n) is 23.9. The molecule has 8 heteroatoms. The monoisotopic (exact) mass is 535 g/mol. The normalized spacial score (nSPS) is 21.2. The topological polar surface area (TPSA) is 114 Å². The molecule has 0 spiro atoms. The summed E-state index contributed by atoms with van der Waals surface area (Å²) in [5.74, 6) is -0.206. The number of nitrogens with one attached hydrogen (secondary N) is 1. The maximum Gasteiger partial charge on any atom is 0.351 e. The lowest BCUT2D eigenvalue weighted by Crippen LogP contribution is -2.32. The molecule has 0 radical (unpaired) electrons. The third-order valence-electron chi connectivity index (χ3n) is 7.70. The molecule has 1 aliphatic rings. The lowest BCUT2D eigenvalue weighted by molar-refractivity contribution is -0.116. The number of aromatic nitrogens is 2. The first-order chi connectivity index (χ1) is 18.5. The van der Waals surface area contributed by atoms with Crippen LogP contribution in [0.4, 0.5) is 5.82 Å². The highest BCUT2D eigenvalue weighted by atomic mass is 16.5. The van der Waals surface area contributed by atoms with E-state index in [1.807, 2.05) is 0 Å². The Balaban J connectivity index is 1.67. The first-order valence-electron chi connectivity index (χ1n) is 15.3. The lowest BCUT2D eigenvalue weighted by Gasteiger charge is -2.22. The quantitative estimate of drug-likeness (QED) is 0.164. The van der Waals surface area contributed by atoms with E-state index in [2.05, 4.69) is 24.1 Å². The van der Waals surface area contributed by atoms with Crippen LogP contribution in [0.25, 0.3) is 0 Å². The van der Waals surface area contributed by atoms with E-state index >= 15 is 0 Å². The number of unbranched alkanes of at least 4 members (excludes halogenated alkanes) is 14. The second kappa shape index (κ2) is 19.3. The third-order valence-corrected chi connectivity index (χ3v) is 7.70. The SMILES string of the molecule is CCCCCCCCCCCCCCCC(=O)Nc1ccn(C2OC(CO)C(O)C2CCCCC)c(=O)n1. The van der Waals surface area contributed by atoms with E-state index in [4.69, 9.17) is 4.74 Å². The van der Waals surface area contributed by atoms with Gasteiger partial charge in [-0.25, -0.2) is 4.79 Å². The number of carbonyl (C=O) groups excluding carboxylic acids is 1. The number of amides is 1. The van der Waals surface area contributed by atoms with Crippen LogP contribution in [-0.2, 0) is 9.53 Å². The van der Waals surface area contributed by atoms with E-state index < -0.39 is 24.1 Å². The number of carbonyl (C=O) groups is 1. The van der Waals surface area contributed by atoms with Crippen LogP contribution in [0, 0.1) is 5.92 Å². The molecule has 2 rings (SSSR count). The summed E-state index contributed by atoms with van der Waals surface area (Å²) >= 11 is 0. The Hall–Kier alpha value is -1.77. The van der Waals surface area contributed by atoms with Gasteiger partial charge in [-0.2, -0.15) is 4.98 Å².